The maximum absolute atomic E-state index is 11.0. The molecule has 150 valence electrons. The lowest BCUT2D eigenvalue weighted by Crippen LogP contribution is -2.53. The van der Waals surface area contributed by atoms with Gasteiger partial charge in [0, 0.05) is 30.7 Å². The normalized spacial score (nSPS) is 16.1. The molecule has 1 fully saturated rings. The number of halogens is 2. The van der Waals surface area contributed by atoms with Crippen LogP contribution in [-0.2, 0) is 6.54 Å². The Balaban J connectivity index is 1.91. The summed E-state index contributed by atoms with van der Waals surface area (Å²) in [5, 5.41) is 12.5. The van der Waals surface area contributed by atoms with Gasteiger partial charge in [-0.25, -0.2) is 14.8 Å². The largest absolute Gasteiger partial charge is 0.465 e. The van der Waals surface area contributed by atoms with E-state index in [2.05, 4.69) is 10.2 Å². The standard InChI is InChI=1S/C19H23Cl2N5O2/c1-11-16(12-4-3-5-13(20)15(12)21)24-14(10-22)17(23-11)26-8-6-19(2,7-9-26)25-18(27)28/h3-5,25H,6-10,22H2,1-2H3,(H,27,28). The van der Waals surface area contributed by atoms with Crippen LogP contribution < -0.4 is 16.0 Å². The number of aromatic nitrogens is 2. The molecule has 1 aliphatic heterocycles. The van der Waals surface area contributed by atoms with Crippen LogP contribution in [0.5, 0.6) is 0 Å². The first-order chi connectivity index (χ1) is 13.2. The molecule has 0 radical (unpaired) electrons. The Bertz CT molecular complexity index is 898. The fraction of sp³-hybridized carbons (Fsp3) is 0.421. The number of hydrogen-bond acceptors (Lipinski definition) is 5. The Morgan fingerprint density at radius 1 is 1.32 bits per heavy atom. The highest BCUT2D eigenvalue weighted by Crippen LogP contribution is 2.35. The monoisotopic (exact) mass is 423 g/mol. The van der Waals surface area contributed by atoms with Crippen molar-refractivity contribution in [3.8, 4) is 11.3 Å². The first kappa shape index (κ1) is 20.6. The summed E-state index contributed by atoms with van der Waals surface area (Å²) >= 11 is 12.5. The summed E-state index contributed by atoms with van der Waals surface area (Å²) in [6.45, 7) is 5.35. The van der Waals surface area contributed by atoms with Gasteiger partial charge < -0.3 is 21.1 Å². The van der Waals surface area contributed by atoms with Gasteiger partial charge in [0.05, 0.1) is 27.1 Å². The third kappa shape index (κ3) is 4.16. The van der Waals surface area contributed by atoms with Crippen LogP contribution in [-0.4, -0.2) is 39.8 Å². The van der Waals surface area contributed by atoms with Crippen molar-refractivity contribution in [1.82, 2.24) is 15.3 Å². The van der Waals surface area contributed by atoms with E-state index in [1.165, 1.54) is 0 Å². The molecule has 1 aromatic carbocycles. The lowest BCUT2D eigenvalue weighted by atomic mass is 9.89. The minimum atomic E-state index is -1.00. The Kier molecular flexibility index (Phi) is 5.98. The van der Waals surface area contributed by atoms with E-state index in [9.17, 15) is 4.79 Å². The number of nitrogens with zero attached hydrogens (tertiary/aromatic N) is 3. The van der Waals surface area contributed by atoms with Gasteiger partial charge >= 0.3 is 6.09 Å². The summed E-state index contributed by atoms with van der Waals surface area (Å²) in [7, 11) is 0. The van der Waals surface area contributed by atoms with Crippen molar-refractivity contribution in [2.24, 2.45) is 5.73 Å². The molecule has 4 N–H and O–H groups in total. The number of amides is 1. The summed E-state index contributed by atoms with van der Waals surface area (Å²) in [5.41, 5.74) is 8.30. The second-order valence-corrected chi connectivity index (χ2v) is 8.00. The van der Waals surface area contributed by atoms with E-state index in [0.29, 0.717) is 47.4 Å². The lowest BCUT2D eigenvalue weighted by Gasteiger charge is -2.40. The van der Waals surface area contributed by atoms with Gasteiger partial charge in [0.1, 0.15) is 0 Å². The van der Waals surface area contributed by atoms with Gasteiger partial charge in [-0.15, -0.1) is 0 Å². The van der Waals surface area contributed by atoms with E-state index in [0.717, 1.165) is 17.1 Å². The first-order valence-corrected chi connectivity index (χ1v) is 9.78. The number of piperidine rings is 1. The average Bonchev–Trinajstić information content (AvgIpc) is 2.64. The van der Waals surface area contributed by atoms with Crippen molar-refractivity contribution < 1.29 is 9.90 Å². The highest BCUT2D eigenvalue weighted by Gasteiger charge is 2.33. The van der Waals surface area contributed by atoms with Gasteiger partial charge in [0.2, 0.25) is 0 Å². The van der Waals surface area contributed by atoms with E-state index in [1.54, 1.807) is 6.07 Å². The second-order valence-electron chi connectivity index (χ2n) is 7.21. The molecule has 1 aliphatic rings. The highest BCUT2D eigenvalue weighted by molar-refractivity contribution is 6.43. The molecule has 1 amide bonds. The highest BCUT2D eigenvalue weighted by atomic mass is 35.5. The predicted octanol–water partition coefficient (Wildman–Crippen LogP) is 3.84. The van der Waals surface area contributed by atoms with Gasteiger partial charge in [-0.1, -0.05) is 35.3 Å². The molecule has 7 nitrogen and oxygen atoms in total. The van der Waals surface area contributed by atoms with Crippen molar-refractivity contribution in [3.05, 3.63) is 39.6 Å². The van der Waals surface area contributed by atoms with E-state index in [-0.39, 0.29) is 6.54 Å². The molecule has 2 heterocycles. The Morgan fingerprint density at radius 2 is 2.00 bits per heavy atom. The second kappa shape index (κ2) is 8.11. The number of rotatable bonds is 4. The lowest BCUT2D eigenvalue weighted by molar-refractivity contribution is 0.173. The number of nitrogens with two attached hydrogens (primary N) is 1. The molecule has 0 unspecified atom stereocenters. The number of aryl methyl sites for hydroxylation is 1. The number of carboxylic acid groups (broad SMARTS) is 1. The molecule has 0 aliphatic carbocycles. The van der Waals surface area contributed by atoms with Crippen molar-refractivity contribution in [2.75, 3.05) is 18.0 Å². The van der Waals surface area contributed by atoms with Crippen LogP contribution in [0.25, 0.3) is 11.3 Å². The van der Waals surface area contributed by atoms with Crippen LogP contribution in [0.3, 0.4) is 0 Å². The number of nitrogens with one attached hydrogen (secondary N) is 1. The smallest absolute Gasteiger partial charge is 0.405 e. The van der Waals surface area contributed by atoms with Crippen LogP contribution in [0.15, 0.2) is 18.2 Å². The molecule has 1 aromatic heterocycles. The van der Waals surface area contributed by atoms with Crippen LogP contribution >= 0.6 is 23.2 Å². The Morgan fingerprint density at radius 3 is 2.61 bits per heavy atom. The Hall–Kier alpha value is -2.09. The molecular formula is C19H23Cl2N5O2. The van der Waals surface area contributed by atoms with E-state index in [1.807, 2.05) is 26.0 Å². The molecular weight excluding hydrogens is 401 g/mol. The van der Waals surface area contributed by atoms with E-state index < -0.39 is 11.6 Å². The summed E-state index contributed by atoms with van der Waals surface area (Å²) < 4.78 is 0. The van der Waals surface area contributed by atoms with Crippen molar-refractivity contribution >= 4 is 35.1 Å². The van der Waals surface area contributed by atoms with Crippen LogP contribution in [0.1, 0.15) is 31.2 Å². The van der Waals surface area contributed by atoms with E-state index >= 15 is 0 Å². The van der Waals surface area contributed by atoms with Crippen LogP contribution in [0.2, 0.25) is 10.0 Å². The molecule has 2 aromatic rings. The summed E-state index contributed by atoms with van der Waals surface area (Å²) in [4.78, 5) is 22.6. The average molecular weight is 424 g/mol. The molecule has 1 saturated heterocycles. The maximum atomic E-state index is 11.0. The zero-order valence-electron chi connectivity index (χ0n) is 15.8. The predicted molar refractivity (Wildman–Crippen MR) is 111 cm³/mol. The SMILES string of the molecule is Cc1nc(N2CCC(C)(NC(=O)O)CC2)c(CN)nc1-c1cccc(Cl)c1Cl. The van der Waals surface area contributed by atoms with Gasteiger partial charge in [-0.2, -0.15) is 0 Å². The van der Waals surface area contributed by atoms with Gasteiger partial charge in [0.25, 0.3) is 0 Å². The van der Waals surface area contributed by atoms with Crippen LogP contribution in [0.4, 0.5) is 10.6 Å². The minimum absolute atomic E-state index is 0.231. The van der Waals surface area contributed by atoms with Crippen LogP contribution in [0, 0.1) is 6.92 Å². The van der Waals surface area contributed by atoms with Crippen molar-refractivity contribution in [2.45, 2.75) is 38.8 Å². The minimum Gasteiger partial charge on any atom is -0.465 e. The molecule has 0 bridgehead atoms. The number of hydrogen-bond donors (Lipinski definition) is 3. The summed E-state index contributed by atoms with van der Waals surface area (Å²) in [5.74, 6) is 0.735. The third-order valence-electron chi connectivity index (χ3n) is 5.10. The van der Waals surface area contributed by atoms with E-state index in [4.69, 9.17) is 44.0 Å². The van der Waals surface area contributed by atoms with Gasteiger partial charge in [0.15, 0.2) is 5.82 Å². The molecule has 0 atom stereocenters. The molecule has 9 heteroatoms. The quantitative estimate of drug-likeness (QED) is 0.689. The number of anilines is 1. The fourth-order valence-corrected chi connectivity index (χ4v) is 3.86. The van der Waals surface area contributed by atoms with Gasteiger partial charge in [-0.05, 0) is 32.8 Å². The van der Waals surface area contributed by atoms with Crippen molar-refractivity contribution in [1.29, 1.82) is 0 Å². The molecule has 3 rings (SSSR count). The molecule has 0 spiro atoms. The number of benzene rings is 1. The number of carbonyl (C=O) groups is 1. The fourth-order valence-electron chi connectivity index (χ4n) is 3.47. The zero-order chi connectivity index (χ0) is 20.5. The molecule has 28 heavy (non-hydrogen) atoms. The topological polar surface area (TPSA) is 104 Å². The first-order valence-electron chi connectivity index (χ1n) is 9.02. The third-order valence-corrected chi connectivity index (χ3v) is 5.92. The molecule has 0 saturated carbocycles. The maximum Gasteiger partial charge on any atom is 0.405 e. The summed E-state index contributed by atoms with van der Waals surface area (Å²) in [6.07, 6.45) is 0.342. The van der Waals surface area contributed by atoms with Gasteiger partial charge in [-0.3, -0.25) is 0 Å². The zero-order valence-corrected chi connectivity index (χ0v) is 17.3. The Labute approximate surface area is 173 Å². The van der Waals surface area contributed by atoms with Crippen molar-refractivity contribution in [3.63, 3.8) is 0 Å². The summed E-state index contributed by atoms with van der Waals surface area (Å²) in [6, 6.07) is 5.40.